The van der Waals surface area contributed by atoms with Gasteiger partial charge in [0.1, 0.15) is 0 Å². The Labute approximate surface area is 78.9 Å². The van der Waals surface area contributed by atoms with Crippen molar-refractivity contribution in [3.05, 3.63) is 66.3 Å². The molecule has 0 amide bonds. The zero-order valence-corrected chi connectivity index (χ0v) is 7.53. The van der Waals surface area contributed by atoms with Gasteiger partial charge in [0.2, 0.25) is 0 Å². The van der Waals surface area contributed by atoms with Crippen LogP contribution in [0.15, 0.2) is 55.1 Å². The normalized spacial score (nSPS) is 19.8. The molecule has 0 saturated heterocycles. The van der Waals surface area contributed by atoms with Gasteiger partial charge in [-0.1, -0.05) is 55.1 Å². The number of rotatable bonds is 0. The van der Waals surface area contributed by atoms with Crippen LogP contribution in [0.3, 0.4) is 0 Å². The Kier molecular flexibility index (Phi) is 2.13. The smallest absolute Gasteiger partial charge is 0.00882 e. The summed E-state index contributed by atoms with van der Waals surface area (Å²) in [7, 11) is 0. The van der Waals surface area contributed by atoms with Crippen molar-refractivity contribution in [2.24, 2.45) is 0 Å². The maximum absolute atomic E-state index is 4.04. The molecule has 0 N–H and O–H groups in total. The van der Waals surface area contributed by atoms with Gasteiger partial charge < -0.3 is 0 Å². The van der Waals surface area contributed by atoms with Gasteiger partial charge in [-0.25, -0.2) is 0 Å². The largest absolute Gasteiger partial charge is 0.0911 e. The second kappa shape index (κ2) is 3.44. The average molecular weight is 168 g/mol. The first-order valence-corrected chi connectivity index (χ1v) is 4.48. The van der Waals surface area contributed by atoms with Gasteiger partial charge in [0.15, 0.2) is 0 Å². The van der Waals surface area contributed by atoms with Crippen molar-refractivity contribution in [1.29, 1.82) is 0 Å². The molecule has 64 valence electrons. The Morgan fingerprint density at radius 1 is 1.08 bits per heavy atom. The Bertz CT molecular complexity index is 381. The van der Waals surface area contributed by atoms with Crippen molar-refractivity contribution in [2.45, 2.75) is 6.42 Å². The molecule has 13 heavy (non-hydrogen) atoms. The lowest BCUT2D eigenvalue weighted by atomic mass is 9.97. The molecule has 0 bridgehead atoms. The standard InChI is InChI=1S/C13H12/c1-11-7-3-2-4-8-12-9-5-6-10-13(11)12/h2-7,9-10H,1,8H2/b4-2-,7-3-. The van der Waals surface area contributed by atoms with Gasteiger partial charge in [-0.3, -0.25) is 0 Å². The Morgan fingerprint density at radius 3 is 2.85 bits per heavy atom. The van der Waals surface area contributed by atoms with Crippen molar-refractivity contribution in [2.75, 3.05) is 0 Å². The minimum Gasteiger partial charge on any atom is -0.0911 e. The molecule has 2 rings (SSSR count). The molecule has 0 unspecified atom stereocenters. The van der Waals surface area contributed by atoms with Gasteiger partial charge >= 0.3 is 0 Å². The molecule has 0 spiro atoms. The first-order valence-electron chi connectivity index (χ1n) is 4.48. The second-order valence-corrected chi connectivity index (χ2v) is 3.17. The van der Waals surface area contributed by atoms with Crippen LogP contribution in [0, 0.1) is 0 Å². The summed E-state index contributed by atoms with van der Waals surface area (Å²) in [4.78, 5) is 0. The van der Waals surface area contributed by atoms with Crippen LogP contribution in [0.1, 0.15) is 11.1 Å². The van der Waals surface area contributed by atoms with E-state index < -0.39 is 0 Å². The van der Waals surface area contributed by atoms with Gasteiger partial charge in [0.05, 0.1) is 0 Å². The molecule has 1 aromatic rings. The summed E-state index contributed by atoms with van der Waals surface area (Å²) >= 11 is 0. The monoisotopic (exact) mass is 168 g/mol. The maximum Gasteiger partial charge on any atom is -0.00882 e. The van der Waals surface area contributed by atoms with Crippen LogP contribution in [0.4, 0.5) is 0 Å². The third-order valence-corrected chi connectivity index (χ3v) is 2.25. The second-order valence-electron chi connectivity index (χ2n) is 3.17. The molecule has 0 heterocycles. The molecule has 0 saturated carbocycles. The predicted octanol–water partition coefficient (Wildman–Crippen LogP) is 3.37. The van der Waals surface area contributed by atoms with Crippen LogP contribution in [0.25, 0.3) is 5.57 Å². The summed E-state index contributed by atoms with van der Waals surface area (Å²) in [5, 5.41) is 0. The summed E-state index contributed by atoms with van der Waals surface area (Å²) in [6, 6.07) is 8.42. The Balaban J connectivity index is 2.54. The molecule has 0 nitrogen and oxygen atoms in total. The summed E-state index contributed by atoms with van der Waals surface area (Å²) in [6.45, 7) is 4.04. The van der Waals surface area contributed by atoms with E-state index in [2.05, 4.69) is 49.1 Å². The zero-order valence-electron chi connectivity index (χ0n) is 7.53. The fourth-order valence-electron chi connectivity index (χ4n) is 1.55. The van der Waals surface area contributed by atoms with Crippen LogP contribution in [0.5, 0.6) is 0 Å². The summed E-state index contributed by atoms with van der Waals surface area (Å²) in [5.74, 6) is 0. The van der Waals surface area contributed by atoms with Gasteiger partial charge in [-0.05, 0) is 23.1 Å². The molecule has 0 aromatic heterocycles. The maximum atomic E-state index is 4.04. The Morgan fingerprint density at radius 2 is 1.92 bits per heavy atom. The fraction of sp³-hybridized carbons (Fsp3) is 0.0769. The topological polar surface area (TPSA) is 0 Å². The van der Waals surface area contributed by atoms with Gasteiger partial charge in [0, 0.05) is 0 Å². The van der Waals surface area contributed by atoms with Crippen molar-refractivity contribution in [3.8, 4) is 0 Å². The lowest BCUT2D eigenvalue weighted by molar-refractivity contribution is 1.25. The van der Waals surface area contributed by atoms with Crippen LogP contribution >= 0.6 is 0 Å². The van der Waals surface area contributed by atoms with Gasteiger partial charge in [-0.15, -0.1) is 0 Å². The predicted molar refractivity (Wildman–Crippen MR) is 57.5 cm³/mol. The lowest BCUT2D eigenvalue weighted by Crippen LogP contribution is -1.91. The minimum atomic E-state index is 1.000. The third kappa shape index (κ3) is 1.62. The van der Waals surface area contributed by atoms with E-state index >= 15 is 0 Å². The van der Waals surface area contributed by atoms with E-state index in [1.807, 2.05) is 6.08 Å². The molecule has 1 aliphatic carbocycles. The van der Waals surface area contributed by atoms with Crippen LogP contribution in [0.2, 0.25) is 0 Å². The fourth-order valence-corrected chi connectivity index (χ4v) is 1.55. The summed E-state index contributed by atoms with van der Waals surface area (Å²) in [5.41, 5.74) is 3.72. The molecule has 1 aromatic carbocycles. The highest BCUT2D eigenvalue weighted by molar-refractivity contribution is 5.75. The molecule has 1 aliphatic rings. The van der Waals surface area contributed by atoms with Crippen molar-refractivity contribution in [3.63, 3.8) is 0 Å². The number of hydrogen-bond donors (Lipinski definition) is 0. The highest BCUT2D eigenvalue weighted by atomic mass is 14.1. The number of allylic oxidation sites excluding steroid dienone is 5. The zero-order chi connectivity index (χ0) is 9.10. The van der Waals surface area contributed by atoms with E-state index in [-0.39, 0.29) is 0 Å². The highest BCUT2D eigenvalue weighted by Crippen LogP contribution is 2.20. The van der Waals surface area contributed by atoms with Crippen molar-refractivity contribution < 1.29 is 0 Å². The van der Waals surface area contributed by atoms with Crippen molar-refractivity contribution >= 4 is 5.57 Å². The van der Waals surface area contributed by atoms with Crippen LogP contribution in [-0.2, 0) is 6.42 Å². The number of fused-ring (bicyclic) bond motifs is 1. The minimum absolute atomic E-state index is 1.000. The van der Waals surface area contributed by atoms with Gasteiger partial charge in [-0.2, -0.15) is 0 Å². The molecular weight excluding hydrogens is 156 g/mol. The first kappa shape index (κ1) is 8.06. The number of benzene rings is 1. The first-order chi connectivity index (χ1) is 6.38. The molecule has 0 radical (unpaired) electrons. The van der Waals surface area contributed by atoms with E-state index in [1.54, 1.807) is 0 Å². The SMILES string of the molecule is C=C1/C=C\C=C/Cc2ccccc21. The number of hydrogen-bond acceptors (Lipinski definition) is 0. The molecule has 0 heteroatoms. The van der Waals surface area contributed by atoms with Gasteiger partial charge in [0.25, 0.3) is 0 Å². The highest BCUT2D eigenvalue weighted by Gasteiger charge is 2.02. The van der Waals surface area contributed by atoms with Crippen molar-refractivity contribution in [1.82, 2.24) is 0 Å². The van der Waals surface area contributed by atoms with E-state index in [1.165, 1.54) is 11.1 Å². The molecule has 0 fully saturated rings. The quantitative estimate of drug-likeness (QED) is 0.557. The summed E-state index contributed by atoms with van der Waals surface area (Å²) in [6.07, 6.45) is 9.33. The van der Waals surface area contributed by atoms with Crippen LogP contribution in [-0.4, -0.2) is 0 Å². The summed E-state index contributed by atoms with van der Waals surface area (Å²) < 4.78 is 0. The van der Waals surface area contributed by atoms with Crippen LogP contribution < -0.4 is 0 Å². The van der Waals surface area contributed by atoms with E-state index in [4.69, 9.17) is 0 Å². The lowest BCUT2D eigenvalue weighted by Gasteiger charge is -2.08. The Hall–Kier alpha value is -1.56. The van der Waals surface area contributed by atoms with E-state index in [0.717, 1.165) is 12.0 Å². The molecule has 0 aliphatic heterocycles. The third-order valence-electron chi connectivity index (χ3n) is 2.25. The average Bonchev–Trinajstić information content (AvgIpc) is 2.14. The van der Waals surface area contributed by atoms with E-state index in [9.17, 15) is 0 Å². The molecular formula is C13H12. The molecule has 0 atom stereocenters. The van der Waals surface area contributed by atoms with E-state index in [0.29, 0.717) is 0 Å².